The molecule has 0 spiro atoms. The van der Waals surface area contributed by atoms with Crippen molar-refractivity contribution < 1.29 is 9.53 Å². The Kier molecular flexibility index (Phi) is 11.7. The fourth-order valence-electron chi connectivity index (χ4n) is 1.51. The zero-order valence-corrected chi connectivity index (χ0v) is 10.8. The lowest BCUT2D eigenvalue weighted by atomic mass is 10.1. The molecule has 2 heteroatoms. The van der Waals surface area contributed by atoms with E-state index in [-0.39, 0.29) is 5.97 Å². The number of hydrogen-bond acceptors (Lipinski definition) is 2. The van der Waals surface area contributed by atoms with Crippen LogP contribution in [0.4, 0.5) is 0 Å². The zero-order chi connectivity index (χ0) is 12.1. The van der Waals surface area contributed by atoms with Crippen LogP contribution in [0.3, 0.4) is 0 Å². The summed E-state index contributed by atoms with van der Waals surface area (Å²) in [6.45, 7) is 4.56. The van der Waals surface area contributed by atoms with Crippen LogP contribution < -0.4 is 0 Å². The molecule has 0 unspecified atom stereocenters. The molecule has 0 radical (unpaired) electrons. The number of carbonyl (C=O) groups is 1. The molecule has 94 valence electrons. The topological polar surface area (TPSA) is 26.3 Å². The van der Waals surface area contributed by atoms with Crippen LogP contribution in [0.15, 0.2) is 12.2 Å². The van der Waals surface area contributed by atoms with E-state index < -0.39 is 0 Å². The minimum Gasteiger partial charge on any atom is -0.466 e. The van der Waals surface area contributed by atoms with Gasteiger partial charge in [0.15, 0.2) is 0 Å². The number of carbonyl (C=O) groups excluding carboxylic acids is 1. The Morgan fingerprint density at radius 1 is 1.00 bits per heavy atom. The SMILES string of the molecule is CCCCC/C=C/CCCCC(=O)OCC. The van der Waals surface area contributed by atoms with Gasteiger partial charge in [-0.25, -0.2) is 0 Å². The lowest BCUT2D eigenvalue weighted by Crippen LogP contribution is -2.02. The largest absolute Gasteiger partial charge is 0.466 e. The Bertz CT molecular complexity index is 185. The van der Waals surface area contributed by atoms with Gasteiger partial charge in [-0.2, -0.15) is 0 Å². The van der Waals surface area contributed by atoms with E-state index in [1.54, 1.807) is 0 Å². The lowest BCUT2D eigenvalue weighted by Gasteiger charge is -1.99. The zero-order valence-electron chi connectivity index (χ0n) is 10.8. The molecule has 0 saturated heterocycles. The van der Waals surface area contributed by atoms with E-state index in [9.17, 15) is 4.79 Å². The van der Waals surface area contributed by atoms with Crippen LogP contribution in [-0.2, 0) is 9.53 Å². The molecular weight excluding hydrogens is 200 g/mol. The van der Waals surface area contributed by atoms with Crippen LogP contribution in [-0.4, -0.2) is 12.6 Å². The maximum Gasteiger partial charge on any atom is 0.305 e. The van der Waals surface area contributed by atoms with Gasteiger partial charge >= 0.3 is 5.97 Å². The molecule has 0 aliphatic carbocycles. The van der Waals surface area contributed by atoms with E-state index in [1.807, 2.05) is 6.92 Å². The third-order valence-electron chi connectivity index (χ3n) is 2.45. The number of ether oxygens (including phenoxy) is 1. The van der Waals surface area contributed by atoms with Crippen LogP contribution in [0.5, 0.6) is 0 Å². The number of unbranched alkanes of at least 4 members (excludes halogenated alkanes) is 5. The summed E-state index contributed by atoms with van der Waals surface area (Å²) in [5, 5.41) is 0. The molecule has 0 saturated carbocycles. The molecule has 0 heterocycles. The van der Waals surface area contributed by atoms with Gasteiger partial charge in [-0.15, -0.1) is 0 Å². The number of hydrogen-bond donors (Lipinski definition) is 0. The van der Waals surface area contributed by atoms with E-state index in [0.29, 0.717) is 13.0 Å². The Hall–Kier alpha value is -0.790. The fraction of sp³-hybridized carbons (Fsp3) is 0.786. The van der Waals surface area contributed by atoms with Crippen LogP contribution in [0, 0.1) is 0 Å². The Labute approximate surface area is 100 Å². The summed E-state index contributed by atoms with van der Waals surface area (Å²) in [5.74, 6) is -0.0607. The molecule has 0 bridgehead atoms. The standard InChI is InChI=1S/C14H26O2/c1-3-5-6-7-8-9-10-11-12-13-14(15)16-4-2/h8-9H,3-7,10-13H2,1-2H3/b9-8+. The van der Waals surface area contributed by atoms with Crippen molar-refractivity contribution >= 4 is 5.97 Å². The highest BCUT2D eigenvalue weighted by molar-refractivity contribution is 5.69. The first kappa shape index (κ1) is 15.2. The molecule has 0 N–H and O–H groups in total. The molecule has 0 amide bonds. The highest BCUT2D eigenvalue weighted by Gasteiger charge is 1.99. The van der Waals surface area contributed by atoms with Crippen LogP contribution in [0.1, 0.15) is 65.2 Å². The van der Waals surface area contributed by atoms with E-state index >= 15 is 0 Å². The highest BCUT2D eigenvalue weighted by atomic mass is 16.5. The molecule has 0 atom stereocenters. The quantitative estimate of drug-likeness (QED) is 0.316. The summed E-state index contributed by atoms with van der Waals surface area (Å²) in [7, 11) is 0. The van der Waals surface area contributed by atoms with Crippen molar-refractivity contribution in [2.75, 3.05) is 6.61 Å². The summed E-state index contributed by atoms with van der Waals surface area (Å²) < 4.78 is 4.86. The van der Waals surface area contributed by atoms with Gasteiger partial charge in [-0.3, -0.25) is 4.79 Å². The van der Waals surface area contributed by atoms with Crippen molar-refractivity contribution in [3.63, 3.8) is 0 Å². The first-order valence-corrected chi connectivity index (χ1v) is 6.61. The number of allylic oxidation sites excluding steroid dienone is 2. The van der Waals surface area contributed by atoms with Gasteiger partial charge < -0.3 is 4.74 Å². The minimum absolute atomic E-state index is 0.0607. The first-order chi connectivity index (χ1) is 7.81. The fourth-order valence-corrected chi connectivity index (χ4v) is 1.51. The number of rotatable bonds is 10. The summed E-state index contributed by atoms with van der Waals surface area (Å²) >= 11 is 0. The molecule has 0 fully saturated rings. The molecule has 0 aromatic carbocycles. The first-order valence-electron chi connectivity index (χ1n) is 6.61. The maximum absolute atomic E-state index is 11.0. The number of esters is 1. The molecule has 16 heavy (non-hydrogen) atoms. The average Bonchev–Trinajstić information content (AvgIpc) is 2.27. The highest BCUT2D eigenvalue weighted by Crippen LogP contribution is 2.04. The molecule has 0 rings (SSSR count). The second-order valence-electron chi connectivity index (χ2n) is 4.02. The predicted molar refractivity (Wildman–Crippen MR) is 68.4 cm³/mol. The monoisotopic (exact) mass is 226 g/mol. The summed E-state index contributed by atoms with van der Waals surface area (Å²) in [4.78, 5) is 11.0. The maximum atomic E-state index is 11.0. The summed E-state index contributed by atoms with van der Waals surface area (Å²) in [6, 6.07) is 0. The van der Waals surface area contributed by atoms with Crippen LogP contribution >= 0.6 is 0 Å². The Morgan fingerprint density at radius 2 is 1.62 bits per heavy atom. The second kappa shape index (κ2) is 12.3. The Morgan fingerprint density at radius 3 is 2.19 bits per heavy atom. The van der Waals surface area contributed by atoms with Crippen LogP contribution in [0.2, 0.25) is 0 Å². The van der Waals surface area contributed by atoms with E-state index in [4.69, 9.17) is 4.74 Å². The molecule has 2 nitrogen and oxygen atoms in total. The molecule has 0 aliphatic rings. The van der Waals surface area contributed by atoms with E-state index in [0.717, 1.165) is 19.3 Å². The van der Waals surface area contributed by atoms with Gasteiger partial charge in [0.25, 0.3) is 0 Å². The van der Waals surface area contributed by atoms with Gasteiger partial charge in [0.05, 0.1) is 6.61 Å². The summed E-state index contributed by atoms with van der Waals surface area (Å²) in [6.07, 6.45) is 13.3. The van der Waals surface area contributed by atoms with Crippen LogP contribution in [0.25, 0.3) is 0 Å². The molecule has 0 aromatic rings. The average molecular weight is 226 g/mol. The molecule has 0 aromatic heterocycles. The normalized spacial score (nSPS) is 10.9. The lowest BCUT2D eigenvalue weighted by molar-refractivity contribution is -0.143. The molecular formula is C14H26O2. The van der Waals surface area contributed by atoms with Gasteiger partial charge in [0, 0.05) is 6.42 Å². The van der Waals surface area contributed by atoms with Crippen molar-refractivity contribution in [2.24, 2.45) is 0 Å². The van der Waals surface area contributed by atoms with Crippen molar-refractivity contribution in [3.8, 4) is 0 Å². The van der Waals surface area contributed by atoms with Gasteiger partial charge in [0.2, 0.25) is 0 Å². The predicted octanol–water partition coefficient (Wildman–Crippen LogP) is 4.25. The summed E-state index contributed by atoms with van der Waals surface area (Å²) in [5.41, 5.74) is 0. The second-order valence-corrected chi connectivity index (χ2v) is 4.02. The van der Waals surface area contributed by atoms with Crippen molar-refractivity contribution in [3.05, 3.63) is 12.2 Å². The Balaban J connectivity index is 3.17. The van der Waals surface area contributed by atoms with E-state index in [2.05, 4.69) is 19.1 Å². The smallest absolute Gasteiger partial charge is 0.305 e. The van der Waals surface area contributed by atoms with Gasteiger partial charge in [0.1, 0.15) is 0 Å². The van der Waals surface area contributed by atoms with Crippen molar-refractivity contribution in [1.82, 2.24) is 0 Å². The third-order valence-corrected chi connectivity index (χ3v) is 2.45. The minimum atomic E-state index is -0.0607. The van der Waals surface area contributed by atoms with Gasteiger partial charge in [-0.05, 0) is 39.0 Å². The van der Waals surface area contributed by atoms with Crippen molar-refractivity contribution in [1.29, 1.82) is 0 Å². The van der Waals surface area contributed by atoms with Gasteiger partial charge in [-0.1, -0.05) is 31.9 Å². The third kappa shape index (κ3) is 11.3. The molecule has 0 aliphatic heterocycles. The van der Waals surface area contributed by atoms with Crippen molar-refractivity contribution in [2.45, 2.75) is 65.2 Å². The van der Waals surface area contributed by atoms with E-state index in [1.165, 1.54) is 25.7 Å².